The van der Waals surface area contributed by atoms with Crippen molar-refractivity contribution in [1.29, 1.82) is 0 Å². The molecule has 3 nitrogen and oxygen atoms in total. The molecule has 2 rings (SSSR count). The number of hydrogen-bond donors (Lipinski definition) is 2. The van der Waals surface area contributed by atoms with E-state index in [4.69, 9.17) is 5.73 Å². The molecule has 0 spiro atoms. The van der Waals surface area contributed by atoms with Gasteiger partial charge in [-0.05, 0) is 60.0 Å². The standard InChI is InChI=1S/C17H19BrN2O/c1-11-8-9-13(12(2)10-11)17(3,16(19)21)20-15-7-5-4-6-14(15)18/h4-10,20H,1-3H3,(H2,19,21). The Hall–Kier alpha value is -1.81. The molecule has 2 aromatic carbocycles. The Morgan fingerprint density at radius 3 is 2.43 bits per heavy atom. The van der Waals surface area contributed by atoms with Crippen LogP contribution in [0.3, 0.4) is 0 Å². The molecular formula is C17H19BrN2O. The molecule has 0 aliphatic carbocycles. The lowest BCUT2D eigenvalue weighted by Crippen LogP contribution is -2.45. The van der Waals surface area contributed by atoms with Crippen molar-refractivity contribution in [1.82, 2.24) is 0 Å². The highest BCUT2D eigenvalue weighted by atomic mass is 79.9. The Morgan fingerprint density at radius 1 is 1.19 bits per heavy atom. The highest BCUT2D eigenvalue weighted by Crippen LogP contribution is 2.32. The number of rotatable bonds is 4. The van der Waals surface area contributed by atoms with Crippen molar-refractivity contribution in [2.45, 2.75) is 26.3 Å². The lowest BCUT2D eigenvalue weighted by Gasteiger charge is -2.31. The van der Waals surface area contributed by atoms with E-state index in [0.717, 1.165) is 26.9 Å². The van der Waals surface area contributed by atoms with Gasteiger partial charge in [0.1, 0.15) is 5.54 Å². The molecule has 2 aromatic rings. The van der Waals surface area contributed by atoms with Crippen LogP contribution in [0.4, 0.5) is 5.69 Å². The Balaban J connectivity index is 2.51. The van der Waals surface area contributed by atoms with Gasteiger partial charge in [-0.15, -0.1) is 0 Å². The summed E-state index contributed by atoms with van der Waals surface area (Å²) in [6.07, 6.45) is 0. The minimum atomic E-state index is -0.971. The molecule has 0 saturated carbocycles. The molecule has 0 saturated heterocycles. The number of hydrogen-bond acceptors (Lipinski definition) is 2. The summed E-state index contributed by atoms with van der Waals surface area (Å²) < 4.78 is 0.891. The summed E-state index contributed by atoms with van der Waals surface area (Å²) in [6.45, 7) is 5.83. The minimum Gasteiger partial charge on any atom is -0.367 e. The van der Waals surface area contributed by atoms with Crippen molar-refractivity contribution in [3.8, 4) is 0 Å². The molecule has 0 radical (unpaired) electrons. The third-order valence-corrected chi connectivity index (χ3v) is 4.36. The van der Waals surface area contributed by atoms with E-state index in [9.17, 15) is 4.79 Å². The van der Waals surface area contributed by atoms with Gasteiger partial charge in [-0.3, -0.25) is 4.79 Å². The molecule has 21 heavy (non-hydrogen) atoms. The molecule has 0 bridgehead atoms. The maximum absolute atomic E-state index is 12.1. The zero-order chi connectivity index (χ0) is 15.6. The third-order valence-electron chi connectivity index (χ3n) is 3.67. The summed E-state index contributed by atoms with van der Waals surface area (Å²) in [6, 6.07) is 13.7. The summed E-state index contributed by atoms with van der Waals surface area (Å²) in [5.74, 6) is -0.412. The molecule has 1 unspecified atom stereocenters. The van der Waals surface area contributed by atoms with E-state index in [1.807, 2.05) is 57.2 Å². The molecule has 0 fully saturated rings. The predicted octanol–water partition coefficient (Wildman–Crippen LogP) is 3.88. The predicted molar refractivity (Wildman–Crippen MR) is 90.2 cm³/mol. The number of carbonyl (C=O) groups is 1. The van der Waals surface area contributed by atoms with Crippen LogP contribution in [0.2, 0.25) is 0 Å². The maximum Gasteiger partial charge on any atom is 0.247 e. The normalized spacial score (nSPS) is 13.5. The van der Waals surface area contributed by atoms with E-state index in [2.05, 4.69) is 27.3 Å². The fourth-order valence-corrected chi connectivity index (χ4v) is 2.85. The molecule has 3 N–H and O–H groups in total. The molecule has 1 atom stereocenters. The zero-order valence-electron chi connectivity index (χ0n) is 12.4. The summed E-state index contributed by atoms with van der Waals surface area (Å²) >= 11 is 3.49. The first kappa shape index (κ1) is 15.6. The van der Waals surface area contributed by atoms with Gasteiger partial charge in [0.15, 0.2) is 0 Å². The van der Waals surface area contributed by atoms with E-state index in [-0.39, 0.29) is 0 Å². The first-order chi connectivity index (χ1) is 9.84. The van der Waals surface area contributed by atoms with Crippen molar-refractivity contribution in [3.05, 3.63) is 63.6 Å². The summed E-state index contributed by atoms with van der Waals surface area (Å²) in [7, 11) is 0. The van der Waals surface area contributed by atoms with Crippen LogP contribution in [0.25, 0.3) is 0 Å². The molecule has 4 heteroatoms. The third kappa shape index (κ3) is 3.10. The van der Waals surface area contributed by atoms with Crippen molar-refractivity contribution >= 4 is 27.5 Å². The second-order valence-corrected chi connectivity index (χ2v) is 6.27. The second-order valence-electron chi connectivity index (χ2n) is 5.41. The van der Waals surface area contributed by atoms with Crippen molar-refractivity contribution in [2.24, 2.45) is 5.73 Å². The topological polar surface area (TPSA) is 55.1 Å². The number of para-hydroxylation sites is 1. The van der Waals surface area contributed by atoms with E-state index < -0.39 is 11.4 Å². The Labute approximate surface area is 133 Å². The van der Waals surface area contributed by atoms with Crippen LogP contribution >= 0.6 is 15.9 Å². The van der Waals surface area contributed by atoms with Gasteiger partial charge in [-0.25, -0.2) is 0 Å². The first-order valence-corrected chi connectivity index (χ1v) is 7.54. The quantitative estimate of drug-likeness (QED) is 0.882. The van der Waals surface area contributed by atoms with Crippen LogP contribution < -0.4 is 11.1 Å². The molecule has 0 aliphatic heterocycles. The number of benzene rings is 2. The van der Waals surface area contributed by atoms with Crippen LogP contribution in [0.15, 0.2) is 46.9 Å². The summed E-state index contributed by atoms with van der Waals surface area (Å²) in [5, 5.41) is 3.28. The van der Waals surface area contributed by atoms with Gasteiger partial charge in [-0.1, -0.05) is 35.9 Å². The minimum absolute atomic E-state index is 0.412. The van der Waals surface area contributed by atoms with E-state index in [1.54, 1.807) is 0 Å². The van der Waals surface area contributed by atoms with Crippen LogP contribution in [0, 0.1) is 13.8 Å². The fraction of sp³-hybridized carbons (Fsp3) is 0.235. The van der Waals surface area contributed by atoms with Crippen molar-refractivity contribution in [3.63, 3.8) is 0 Å². The van der Waals surface area contributed by atoms with Gasteiger partial charge in [0.2, 0.25) is 5.91 Å². The van der Waals surface area contributed by atoms with Gasteiger partial charge in [0.05, 0.1) is 0 Å². The molecule has 1 amide bonds. The number of carbonyl (C=O) groups excluding carboxylic acids is 1. The Kier molecular flexibility index (Phi) is 4.37. The van der Waals surface area contributed by atoms with Crippen LogP contribution in [0.5, 0.6) is 0 Å². The number of amides is 1. The van der Waals surface area contributed by atoms with Crippen LogP contribution in [-0.4, -0.2) is 5.91 Å². The van der Waals surface area contributed by atoms with Gasteiger partial charge >= 0.3 is 0 Å². The average Bonchev–Trinajstić information content (AvgIpc) is 2.41. The van der Waals surface area contributed by atoms with Crippen molar-refractivity contribution in [2.75, 3.05) is 5.32 Å². The number of nitrogens with two attached hydrogens (primary N) is 1. The number of nitrogens with one attached hydrogen (secondary N) is 1. The largest absolute Gasteiger partial charge is 0.367 e. The second kappa shape index (κ2) is 5.90. The lowest BCUT2D eigenvalue weighted by atomic mass is 9.86. The number of anilines is 1. The maximum atomic E-state index is 12.1. The van der Waals surface area contributed by atoms with Gasteiger partial charge < -0.3 is 11.1 Å². The summed E-state index contributed by atoms with van der Waals surface area (Å²) in [5.41, 5.74) is 8.63. The van der Waals surface area contributed by atoms with E-state index in [0.29, 0.717) is 0 Å². The average molecular weight is 347 g/mol. The van der Waals surface area contributed by atoms with Crippen LogP contribution in [0.1, 0.15) is 23.6 Å². The number of halogens is 1. The Bertz CT molecular complexity index is 684. The molecular weight excluding hydrogens is 328 g/mol. The molecule has 0 aliphatic rings. The van der Waals surface area contributed by atoms with Gasteiger partial charge in [-0.2, -0.15) is 0 Å². The highest BCUT2D eigenvalue weighted by molar-refractivity contribution is 9.10. The number of aryl methyl sites for hydroxylation is 2. The van der Waals surface area contributed by atoms with E-state index >= 15 is 0 Å². The first-order valence-electron chi connectivity index (χ1n) is 6.75. The Morgan fingerprint density at radius 2 is 1.86 bits per heavy atom. The SMILES string of the molecule is Cc1ccc(C(C)(Nc2ccccc2Br)C(N)=O)c(C)c1. The zero-order valence-corrected chi connectivity index (χ0v) is 14.0. The van der Waals surface area contributed by atoms with Crippen LogP contribution in [-0.2, 0) is 10.3 Å². The fourth-order valence-electron chi connectivity index (χ4n) is 2.47. The van der Waals surface area contributed by atoms with Gasteiger partial charge in [0.25, 0.3) is 0 Å². The summed E-state index contributed by atoms with van der Waals surface area (Å²) in [4.78, 5) is 12.1. The number of primary amides is 1. The lowest BCUT2D eigenvalue weighted by molar-refractivity contribution is -0.122. The molecule has 0 aromatic heterocycles. The van der Waals surface area contributed by atoms with Crippen molar-refractivity contribution < 1.29 is 4.79 Å². The van der Waals surface area contributed by atoms with E-state index in [1.165, 1.54) is 0 Å². The highest BCUT2D eigenvalue weighted by Gasteiger charge is 2.34. The monoisotopic (exact) mass is 346 g/mol. The molecule has 110 valence electrons. The smallest absolute Gasteiger partial charge is 0.247 e. The molecule has 0 heterocycles. The van der Waals surface area contributed by atoms with Gasteiger partial charge in [0, 0.05) is 10.2 Å².